The lowest BCUT2D eigenvalue weighted by Crippen LogP contribution is -2.28. The smallest absolute Gasteiger partial charge is 0.243 e. The Hall–Kier alpha value is -1.10. The molecule has 1 fully saturated rings. The Morgan fingerprint density at radius 3 is 2.89 bits per heavy atom. The summed E-state index contributed by atoms with van der Waals surface area (Å²) in [4.78, 5) is 4.51. The van der Waals surface area contributed by atoms with Crippen LogP contribution in [0.2, 0.25) is 0 Å². The highest BCUT2D eigenvalue weighted by Gasteiger charge is 2.20. The summed E-state index contributed by atoms with van der Waals surface area (Å²) in [5.41, 5.74) is 0.876. The van der Waals surface area contributed by atoms with Gasteiger partial charge in [-0.25, -0.2) is 4.52 Å². The number of halogens is 1. The highest BCUT2D eigenvalue weighted by atomic mass is 79.9. The van der Waals surface area contributed by atoms with Crippen LogP contribution in [-0.2, 0) is 0 Å². The lowest BCUT2D eigenvalue weighted by atomic mass is 9.85. The van der Waals surface area contributed by atoms with Crippen molar-refractivity contribution in [1.82, 2.24) is 14.6 Å². The minimum Gasteiger partial charge on any atom is -0.350 e. The molecule has 0 amide bonds. The molecule has 5 heteroatoms. The van der Waals surface area contributed by atoms with Crippen molar-refractivity contribution in [3.05, 3.63) is 22.8 Å². The maximum Gasteiger partial charge on any atom is 0.243 e. The number of hydrogen-bond donors (Lipinski definition) is 1. The zero-order valence-electron chi connectivity index (χ0n) is 11.1. The van der Waals surface area contributed by atoms with Gasteiger partial charge in [-0.15, -0.1) is 5.10 Å². The third-order valence-corrected chi connectivity index (χ3v) is 4.48. The van der Waals surface area contributed by atoms with E-state index in [1.54, 1.807) is 4.52 Å². The molecule has 102 valence electrons. The molecular weight excluding hydrogens is 304 g/mol. The summed E-state index contributed by atoms with van der Waals surface area (Å²) in [5, 5.41) is 7.93. The molecule has 1 saturated carbocycles. The normalized spacial score (nSPS) is 18.6. The van der Waals surface area contributed by atoms with Gasteiger partial charge in [-0.1, -0.05) is 19.3 Å². The summed E-state index contributed by atoms with van der Waals surface area (Å²) in [7, 11) is 0. The lowest BCUT2D eigenvalue weighted by molar-refractivity contribution is 0.327. The molecule has 1 aliphatic carbocycles. The van der Waals surface area contributed by atoms with Gasteiger partial charge in [-0.05, 0) is 53.7 Å². The standard InChI is InChI=1S/C14H19BrN4/c1-10(11-5-3-2-4-6-11)16-14-17-13-8-7-12(15)9-19(13)18-14/h7-11H,2-6H2,1H3,(H,16,18). The van der Waals surface area contributed by atoms with Gasteiger partial charge in [-0.2, -0.15) is 4.98 Å². The summed E-state index contributed by atoms with van der Waals surface area (Å²) in [6.07, 6.45) is 8.70. The molecular formula is C14H19BrN4. The second-order valence-electron chi connectivity index (χ2n) is 5.42. The van der Waals surface area contributed by atoms with Crippen LogP contribution in [-0.4, -0.2) is 20.6 Å². The predicted molar refractivity (Wildman–Crippen MR) is 80.3 cm³/mol. The fraction of sp³-hybridized carbons (Fsp3) is 0.571. The van der Waals surface area contributed by atoms with E-state index in [9.17, 15) is 0 Å². The van der Waals surface area contributed by atoms with Gasteiger partial charge in [0.25, 0.3) is 0 Å². The van der Waals surface area contributed by atoms with E-state index >= 15 is 0 Å². The molecule has 0 saturated heterocycles. The minimum atomic E-state index is 0.446. The minimum absolute atomic E-state index is 0.446. The molecule has 0 aliphatic heterocycles. The van der Waals surface area contributed by atoms with E-state index in [-0.39, 0.29) is 0 Å². The predicted octanol–water partition coefficient (Wildman–Crippen LogP) is 3.87. The van der Waals surface area contributed by atoms with Crippen molar-refractivity contribution < 1.29 is 0 Å². The van der Waals surface area contributed by atoms with Crippen molar-refractivity contribution in [2.45, 2.75) is 45.1 Å². The monoisotopic (exact) mass is 322 g/mol. The molecule has 0 aromatic carbocycles. The van der Waals surface area contributed by atoms with Gasteiger partial charge in [0.2, 0.25) is 5.95 Å². The van der Waals surface area contributed by atoms with Crippen molar-refractivity contribution in [2.75, 3.05) is 5.32 Å². The van der Waals surface area contributed by atoms with Crippen LogP contribution in [0.15, 0.2) is 22.8 Å². The molecule has 1 atom stereocenters. The number of hydrogen-bond acceptors (Lipinski definition) is 3. The van der Waals surface area contributed by atoms with Gasteiger partial charge in [0.05, 0.1) is 0 Å². The summed E-state index contributed by atoms with van der Waals surface area (Å²) in [6.45, 7) is 2.25. The Balaban J connectivity index is 1.73. The van der Waals surface area contributed by atoms with Crippen molar-refractivity contribution in [3.8, 4) is 0 Å². The van der Waals surface area contributed by atoms with E-state index in [1.807, 2.05) is 18.3 Å². The number of anilines is 1. The van der Waals surface area contributed by atoms with Crippen LogP contribution in [0.1, 0.15) is 39.0 Å². The van der Waals surface area contributed by atoms with Crippen molar-refractivity contribution >= 4 is 27.5 Å². The fourth-order valence-corrected chi connectivity index (χ4v) is 3.20. The van der Waals surface area contributed by atoms with E-state index in [4.69, 9.17) is 0 Å². The van der Waals surface area contributed by atoms with Gasteiger partial charge < -0.3 is 5.32 Å². The van der Waals surface area contributed by atoms with Crippen LogP contribution in [0.3, 0.4) is 0 Å². The van der Waals surface area contributed by atoms with Crippen LogP contribution >= 0.6 is 15.9 Å². The van der Waals surface area contributed by atoms with Crippen LogP contribution in [0, 0.1) is 5.92 Å². The Morgan fingerprint density at radius 2 is 2.11 bits per heavy atom. The van der Waals surface area contributed by atoms with Gasteiger partial charge >= 0.3 is 0 Å². The first-order valence-electron chi connectivity index (χ1n) is 7.01. The molecule has 1 unspecified atom stereocenters. The van der Waals surface area contributed by atoms with E-state index < -0.39 is 0 Å². The molecule has 0 bridgehead atoms. The number of nitrogens with one attached hydrogen (secondary N) is 1. The number of fused-ring (bicyclic) bond motifs is 1. The van der Waals surface area contributed by atoms with E-state index in [0.29, 0.717) is 6.04 Å². The van der Waals surface area contributed by atoms with Crippen molar-refractivity contribution in [3.63, 3.8) is 0 Å². The van der Waals surface area contributed by atoms with Crippen LogP contribution in [0.4, 0.5) is 5.95 Å². The molecule has 19 heavy (non-hydrogen) atoms. The summed E-state index contributed by atoms with van der Waals surface area (Å²) in [5.74, 6) is 1.49. The largest absolute Gasteiger partial charge is 0.350 e. The molecule has 2 aromatic rings. The second-order valence-corrected chi connectivity index (χ2v) is 6.33. The quantitative estimate of drug-likeness (QED) is 0.932. The average molecular weight is 323 g/mol. The molecule has 2 aromatic heterocycles. The highest BCUT2D eigenvalue weighted by molar-refractivity contribution is 9.10. The molecule has 0 spiro atoms. The topological polar surface area (TPSA) is 42.2 Å². The molecule has 4 nitrogen and oxygen atoms in total. The number of pyridine rings is 1. The van der Waals surface area contributed by atoms with Gasteiger partial charge in [0, 0.05) is 16.7 Å². The van der Waals surface area contributed by atoms with E-state index in [0.717, 1.165) is 22.0 Å². The third kappa shape index (κ3) is 2.91. The first-order chi connectivity index (χ1) is 9.22. The molecule has 0 radical (unpaired) electrons. The maximum absolute atomic E-state index is 4.51. The summed E-state index contributed by atoms with van der Waals surface area (Å²) < 4.78 is 2.82. The summed E-state index contributed by atoms with van der Waals surface area (Å²) >= 11 is 3.45. The molecule has 1 N–H and O–H groups in total. The van der Waals surface area contributed by atoms with Crippen LogP contribution < -0.4 is 5.32 Å². The van der Waals surface area contributed by atoms with Gasteiger partial charge in [-0.3, -0.25) is 0 Å². The maximum atomic E-state index is 4.51. The van der Waals surface area contributed by atoms with Crippen molar-refractivity contribution in [1.29, 1.82) is 0 Å². The fourth-order valence-electron chi connectivity index (χ4n) is 2.87. The Labute approximate surface area is 121 Å². The Morgan fingerprint density at radius 1 is 1.32 bits per heavy atom. The van der Waals surface area contributed by atoms with Gasteiger partial charge in [0.15, 0.2) is 5.65 Å². The number of rotatable bonds is 3. The van der Waals surface area contributed by atoms with E-state index in [2.05, 4.69) is 38.3 Å². The Bertz CT molecular complexity index is 560. The number of aromatic nitrogens is 3. The third-order valence-electron chi connectivity index (χ3n) is 4.01. The van der Waals surface area contributed by atoms with Crippen LogP contribution in [0.25, 0.3) is 5.65 Å². The molecule has 2 heterocycles. The second kappa shape index (κ2) is 5.49. The summed E-state index contributed by atoms with van der Waals surface area (Å²) in [6, 6.07) is 4.40. The first-order valence-corrected chi connectivity index (χ1v) is 7.80. The van der Waals surface area contributed by atoms with Gasteiger partial charge in [0.1, 0.15) is 0 Å². The van der Waals surface area contributed by atoms with Crippen molar-refractivity contribution in [2.24, 2.45) is 5.92 Å². The van der Waals surface area contributed by atoms with Crippen LogP contribution in [0.5, 0.6) is 0 Å². The number of nitrogens with zero attached hydrogens (tertiary/aromatic N) is 3. The molecule has 1 aliphatic rings. The zero-order valence-corrected chi connectivity index (χ0v) is 12.7. The molecule has 3 rings (SSSR count). The SMILES string of the molecule is CC(Nc1nc2ccc(Br)cn2n1)C1CCCCC1. The van der Waals surface area contributed by atoms with E-state index in [1.165, 1.54) is 32.1 Å². The Kier molecular flexibility index (Phi) is 3.73. The lowest BCUT2D eigenvalue weighted by Gasteiger charge is -2.27. The average Bonchev–Trinajstić information content (AvgIpc) is 2.81. The highest BCUT2D eigenvalue weighted by Crippen LogP contribution is 2.27. The zero-order chi connectivity index (χ0) is 13.2. The first kappa shape index (κ1) is 12.9.